The van der Waals surface area contributed by atoms with E-state index >= 15 is 0 Å². The Morgan fingerprint density at radius 3 is 2.46 bits per heavy atom. The number of rotatable bonds is 6. The second-order valence-electron chi connectivity index (χ2n) is 6.48. The van der Waals surface area contributed by atoms with Gasteiger partial charge in [-0.3, -0.25) is 0 Å². The van der Waals surface area contributed by atoms with E-state index in [1.54, 1.807) is 36.1 Å². The lowest BCUT2D eigenvalue weighted by atomic mass is 10.1. The summed E-state index contributed by atoms with van der Waals surface area (Å²) < 4.78 is 17.9. The lowest BCUT2D eigenvalue weighted by Gasteiger charge is -2.12. The number of carbonyl (C=O) groups excluding carboxylic acids is 1. The standard InChI is InChI=1S/C22H24N2O4/c1-6-16-12-21(24(23-16)19-10-7-14(2)11-15(19)3)28-22(25)18-9-8-17(26-4)13-20(18)27-5/h7-13H,6H2,1-5H3. The molecular formula is C22H24N2O4. The van der Waals surface area contributed by atoms with E-state index in [2.05, 4.69) is 11.2 Å². The minimum absolute atomic E-state index is 0.315. The molecule has 3 rings (SSSR count). The molecule has 1 aromatic heterocycles. The number of hydrogen-bond donors (Lipinski definition) is 0. The maximum Gasteiger partial charge on any atom is 0.348 e. The van der Waals surface area contributed by atoms with E-state index in [9.17, 15) is 4.79 Å². The molecule has 0 bridgehead atoms. The fourth-order valence-corrected chi connectivity index (χ4v) is 2.99. The summed E-state index contributed by atoms with van der Waals surface area (Å²) in [6.07, 6.45) is 0.730. The number of aryl methyl sites for hydroxylation is 3. The average Bonchev–Trinajstić information content (AvgIpc) is 3.09. The summed E-state index contributed by atoms with van der Waals surface area (Å²) in [6, 6.07) is 12.8. The molecular weight excluding hydrogens is 356 g/mol. The molecule has 0 unspecified atom stereocenters. The van der Waals surface area contributed by atoms with Crippen LogP contribution in [0, 0.1) is 13.8 Å². The zero-order valence-electron chi connectivity index (χ0n) is 16.8. The van der Waals surface area contributed by atoms with Gasteiger partial charge < -0.3 is 14.2 Å². The van der Waals surface area contributed by atoms with Crippen LogP contribution in [0.15, 0.2) is 42.5 Å². The smallest absolute Gasteiger partial charge is 0.348 e. The summed E-state index contributed by atoms with van der Waals surface area (Å²) >= 11 is 0. The van der Waals surface area contributed by atoms with Gasteiger partial charge in [0.2, 0.25) is 5.88 Å². The van der Waals surface area contributed by atoms with Crippen LogP contribution in [0.5, 0.6) is 17.4 Å². The number of ether oxygens (including phenoxy) is 3. The van der Waals surface area contributed by atoms with Crippen LogP contribution in [0.1, 0.15) is 34.1 Å². The highest BCUT2D eigenvalue weighted by atomic mass is 16.5. The van der Waals surface area contributed by atoms with Gasteiger partial charge in [-0.2, -0.15) is 5.10 Å². The molecule has 0 amide bonds. The van der Waals surface area contributed by atoms with Gasteiger partial charge in [-0.25, -0.2) is 9.48 Å². The van der Waals surface area contributed by atoms with Crippen LogP contribution in [-0.2, 0) is 6.42 Å². The van der Waals surface area contributed by atoms with E-state index in [4.69, 9.17) is 14.2 Å². The van der Waals surface area contributed by atoms with Crippen LogP contribution >= 0.6 is 0 Å². The zero-order chi connectivity index (χ0) is 20.3. The third-order valence-electron chi connectivity index (χ3n) is 4.50. The maximum atomic E-state index is 12.8. The number of hydrogen-bond acceptors (Lipinski definition) is 5. The lowest BCUT2D eigenvalue weighted by Crippen LogP contribution is -2.13. The minimum Gasteiger partial charge on any atom is -0.497 e. The fourth-order valence-electron chi connectivity index (χ4n) is 2.99. The van der Waals surface area contributed by atoms with Gasteiger partial charge in [-0.05, 0) is 44.0 Å². The molecule has 0 atom stereocenters. The van der Waals surface area contributed by atoms with Crippen LogP contribution in [0.25, 0.3) is 5.69 Å². The predicted octanol–water partition coefficient (Wildman–Crippen LogP) is 4.29. The molecule has 2 aromatic carbocycles. The number of carbonyl (C=O) groups is 1. The quantitative estimate of drug-likeness (QED) is 0.597. The van der Waals surface area contributed by atoms with Gasteiger partial charge in [-0.15, -0.1) is 0 Å². The molecule has 146 valence electrons. The van der Waals surface area contributed by atoms with Crippen LogP contribution in [0.3, 0.4) is 0 Å². The molecule has 0 aliphatic rings. The molecule has 0 radical (unpaired) electrons. The molecule has 0 saturated heterocycles. The minimum atomic E-state index is -0.520. The van der Waals surface area contributed by atoms with E-state index in [1.165, 1.54) is 7.11 Å². The molecule has 0 aliphatic heterocycles. The van der Waals surface area contributed by atoms with Gasteiger partial charge in [0.1, 0.15) is 17.1 Å². The first-order chi connectivity index (χ1) is 13.5. The van der Waals surface area contributed by atoms with Crippen LogP contribution in [-0.4, -0.2) is 30.0 Å². The van der Waals surface area contributed by atoms with Crippen molar-refractivity contribution < 1.29 is 19.0 Å². The van der Waals surface area contributed by atoms with Crippen molar-refractivity contribution in [2.45, 2.75) is 27.2 Å². The Kier molecular flexibility index (Phi) is 5.68. The van der Waals surface area contributed by atoms with Crippen molar-refractivity contribution in [2.24, 2.45) is 0 Å². The highest BCUT2D eigenvalue weighted by Gasteiger charge is 2.20. The molecule has 6 heteroatoms. The monoisotopic (exact) mass is 380 g/mol. The van der Waals surface area contributed by atoms with Crippen molar-refractivity contribution in [1.82, 2.24) is 9.78 Å². The van der Waals surface area contributed by atoms with Crippen molar-refractivity contribution in [1.29, 1.82) is 0 Å². The largest absolute Gasteiger partial charge is 0.497 e. The summed E-state index contributed by atoms with van der Waals surface area (Å²) in [7, 11) is 3.06. The van der Waals surface area contributed by atoms with Crippen molar-refractivity contribution in [2.75, 3.05) is 14.2 Å². The Morgan fingerprint density at radius 2 is 1.82 bits per heavy atom. The van der Waals surface area contributed by atoms with Gasteiger partial charge in [0.05, 0.1) is 25.6 Å². The Hall–Kier alpha value is -3.28. The van der Waals surface area contributed by atoms with Crippen LogP contribution in [0.4, 0.5) is 0 Å². The zero-order valence-corrected chi connectivity index (χ0v) is 16.8. The molecule has 6 nitrogen and oxygen atoms in total. The third kappa shape index (κ3) is 3.86. The fraction of sp³-hybridized carbons (Fsp3) is 0.273. The normalized spacial score (nSPS) is 10.6. The van der Waals surface area contributed by atoms with Gasteiger partial charge >= 0.3 is 5.97 Å². The Bertz CT molecular complexity index is 1010. The summed E-state index contributed by atoms with van der Waals surface area (Å²) in [5.74, 6) is 0.833. The summed E-state index contributed by atoms with van der Waals surface area (Å²) in [6.45, 7) is 6.05. The number of benzene rings is 2. The first-order valence-electron chi connectivity index (χ1n) is 9.07. The van der Waals surface area contributed by atoms with Gasteiger partial charge in [0, 0.05) is 12.1 Å². The van der Waals surface area contributed by atoms with Crippen LogP contribution in [0.2, 0.25) is 0 Å². The molecule has 1 heterocycles. The topological polar surface area (TPSA) is 62.6 Å². The van der Waals surface area contributed by atoms with E-state index < -0.39 is 5.97 Å². The lowest BCUT2D eigenvalue weighted by molar-refractivity contribution is 0.0719. The first kappa shape index (κ1) is 19.5. The van der Waals surface area contributed by atoms with Gasteiger partial charge in [-0.1, -0.05) is 24.6 Å². The SMILES string of the molecule is CCc1cc(OC(=O)c2ccc(OC)cc2OC)n(-c2ccc(C)cc2C)n1. The summed E-state index contributed by atoms with van der Waals surface area (Å²) in [5.41, 5.74) is 4.23. The molecule has 3 aromatic rings. The van der Waals surface area contributed by atoms with Gasteiger partial charge in [0.25, 0.3) is 0 Å². The average molecular weight is 380 g/mol. The van der Waals surface area contributed by atoms with E-state index in [0.29, 0.717) is 22.9 Å². The highest BCUT2D eigenvalue weighted by Crippen LogP contribution is 2.28. The molecule has 0 saturated carbocycles. The van der Waals surface area contributed by atoms with E-state index in [0.717, 1.165) is 28.9 Å². The summed E-state index contributed by atoms with van der Waals surface area (Å²) in [4.78, 5) is 12.8. The predicted molar refractivity (Wildman–Crippen MR) is 107 cm³/mol. The number of esters is 1. The molecule has 0 spiro atoms. The van der Waals surface area contributed by atoms with Crippen LogP contribution < -0.4 is 14.2 Å². The third-order valence-corrected chi connectivity index (χ3v) is 4.50. The van der Waals surface area contributed by atoms with Gasteiger partial charge in [0.15, 0.2) is 0 Å². The summed E-state index contributed by atoms with van der Waals surface area (Å²) in [5, 5.41) is 4.59. The van der Waals surface area contributed by atoms with Crippen molar-refractivity contribution in [3.05, 3.63) is 64.8 Å². The van der Waals surface area contributed by atoms with Crippen molar-refractivity contribution in [3.8, 4) is 23.1 Å². The molecule has 0 aliphatic carbocycles. The Morgan fingerprint density at radius 1 is 1.04 bits per heavy atom. The molecule has 0 fully saturated rings. The second-order valence-corrected chi connectivity index (χ2v) is 6.48. The Balaban J connectivity index is 1.98. The molecule has 28 heavy (non-hydrogen) atoms. The van der Waals surface area contributed by atoms with Crippen molar-refractivity contribution >= 4 is 5.97 Å². The van der Waals surface area contributed by atoms with E-state index in [-0.39, 0.29) is 0 Å². The number of methoxy groups -OCH3 is 2. The second kappa shape index (κ2) is 8.17. The van der Waals surface area contributed by atoms with E-state index in [1.807, 2.05) is 32.9 Å². The highest BCUT2D eigenvalue weighted by molar-refractivity contribution is 5.94. The maximum absolute atomic E-state index is 12.8. The Labute approximate surface area is 164 Å². The number of aromatic nitrogens is 2. The van der Waals surface area contributed by atoms with Crippen molar-refractivity contribution in [3.63, 3.8) is 0 Å². The molecule has 0 N–H and O–H groups in total. The first-order valence-corrected chi connectivity index (χ1v) is 9.07. The number of nitrogens with zero attached hydrogens (tertiary/aromatic N) is 2.